The first kappa shape index (κ1) is 19.6. The first-order chi connectivity index (χ1) is 14.8. The van der Waals surface area contributed by atoms with Gasteiger partial charge in [-0.3, -0.25) is 4.79 Å². The van der Waals surface area contributed by atoms with E-state index in [-0.39, 0.29) is 11.8 Å². The van der Waals surface area contributed by atoms with E-state index in [0.717, 1.165) is 17.5 Å². The lowest BCUT2D eigenvalue weighted by Crippen LogP contribution is -2.32. The topological polar surface area (TPSA) is 81.4 Å². The van der Waals surface area contributed by atoms with Gasteiger partial charge in [0.15, 0.2) is 11.5 Å². The molecule has 0 aliphatic rings. The van der Waals surface area contributed by atoms with Gasteiger partial charge in [-0.2, -0.15) is 4.52 Å². The summed E-state index contributed by atoms with van der Waals surface area (Å²) in [7, 11) is 0. The number of benzene rings is 2. The molecule has 0 spiro atoms. The number of amides is 1. The Kier molecular flexibility index (Phi) is 5.98. The number of ether oxygens (including phenoxy) is 1. The van der Waals surface area contributed by atoms with E-state index in [1.807, 2.05) is 73.7 Å². The van der Waals surface area contributed by atoms with Crippen LogP contribution in [0.5, 0.6) is 5.88 Å². The van der Waals surface area contributed by atoms with Crippen molar-refractivity contribution in [2.75, 3.05) is 13.2 Å². The fraction of sp³-hybridized carbons (Fsp3) is 0.217. The van der Waals surface area contributed by atoms with E-state index < -0.39 is 0 Å². The zero-order valence-corrected chi connectivity index (χ0v) is 16.7. The number of nitrogens with one attached hydrogen (secondary N) is 1. The van der Waals surface area contributed by atoms with Gasteiger partial charge >= 0.3 is 0 Å². The smallest absolute Gasteiger partial charge is 0.231 e. The quantitative estimate of drug-likeness (QED) is 0.457. The molecule has 30 heavy (non-hydrogen) atoms. The average Bonchev–Trinajstić information content (AvgIpc) is 3.22. The second-order valence-electron chi connectivity index (χ2n) is 6.84. The Labute approximate surface area is 174 Å². The van der Waals surface area contributed by atoms with Crippen LogP contribution in [0.2, 0.25) is 0 Å². The lowest BCUT2D eigenvalue weighted by Gasteiger charge is -2.15. The van der Waals surface area contributed by atoms with Crippen molar-refractivity contribution in [3.8, 4) is 17.3 Å². The largest absolute Gasteiger partial charge is 0.475 e. The third-order valence-corrected chi connectivity index (χ3v) is 4.85. The van der Waals surface area contributed by atoms with Crippen LogP contribution in [-0.2, 0) is 4.79 Å². The second kappa shape index (κ2) is 9.17. The standard InChI is InChI=1S/C23H23N5O2/c1-2-19(17-9-5-3-6-10-17)23(29)24-15-16-30-21-14-13-20-25-26-22(28(20)27-21)18-11-7-4-8-12-18/h3-14,19H,2,15-16H2,1H3,(H,24,29). The van der Waals surface area contributed by atoms with Gasteiger partial charge in [0.25, 0.3) is 0 Å². The normalized spacial score (nSPS) is 11.9. The van der Waals surface area contributed by atoms with Gasteiger partial charge in [0.2, 0.25) is 11.8 Å². The number of carbonyl (C=O) groups is 1. The van der Waals surface area contributed by atoms with Crippen molar-refractivity contribution in [1.82, 2.24) is 25.1 Å². The molecule has 1 amide bonds. The zero-order valence-electron chi connectivity index (χ0n) is 16.7. The third-order valence-electron chi connectivity index (χ3n) is 4.85. The maximum Gasteiger partial charge on any atom is 0.231 e. The lowest BCUT2D eigenvalue weighted by molar-refractivity contribution is -0.122. The van der Waals surface area contributed by atoms with Crippen LogP contribution in [0.1, 0.15) is 24.8 Å². The summed E-state index contributed by atoms with van der Waals surface area (Å²) in [5, 5.41) is 15.8. The molecule has 4 aromatic rings. The van der Waals surface area contributed by atoms with E-state index in [0.29, 0.717) is 30.5 Å². The molecule has 2 heterocycles. The van der Waals surface area contributed by atoms with Crippen LogP contribution < -0.4 is 10.1 Å². The average molecular weight is 401 g/mol. The van der Waals surface area contributed by atoms with Gasteiger partial charge < -0.3 is 10.1 Å². The molecule has 0 saturated heterocycles. The molecule has 152 valence electrons. The van der Waals surface area contributed by atoms with Crippen LogP contribution in [0.4, 0.5) is 0 Å². The predicted octanol–water partition coefficient (Wildman–Crippen LogP) is 3.48. The number of hydrogen-bond acceptors (Lipinski definition) is 5. The summed E-state index contributed by atoms with van der Waals surface area (Å²) in [4.78, 5) is 12.5. The van der Waals surface area contributed by atoms with Crippen molar-refractivity contribution >= 4 is 11.6 Å². The fourth-order valence-electron chi connectivity index (χ4n) is 3.33. The van der Waals surface area contributed by atoms with Crippen LogP contribution >= 0.6 is 0 Å². The van der Waals surface area contributed by atoms with Gasteiger partial charge in [0, 0.05) is 11.6 Å². The number of fused-ring (bicyclic) bond motifs is 1. The molecule has 0 fully saturated rings. The molecule has 0 saturated carbocycles. The number of nitrogens with zero attached hydrogens (tertiary/aromatic N) is 4. The second-order valence-corrected chi connectivity index (χ2v) is 6.84. The summed E-state index contributed by atoms with van der Waals surface area (Å²) in [6.45, 7) is 2.73. The molecular formula is C23H23N5O2. The van der Waals surface area contributed by atoms with Crippen LogP contribution in [0.25, 0.3) is 17.0 Å². The minimum atomic E-state index is -0.161. The van der Waals surface area contributed by atoms with Gasteiger partial charge in [-0.15, -0.1) is 15.3 Å². The monoisotopic (exact) mass is 401 g/mol. The number of aromatic nitrogens is 4. The Morgan fingerprint density at radius 3 is 2.47 bits per heavy atom. The molecule has 2 aromatic heterocycles. The maximum atomic E-state index is 12.5. The molecule has 2 aromatic carbocycles. The SMILES string of the molecule is CCC(C(=O)NCCOc1ccc2nnc(-c3ccccc3)n2n1)c1ccccc1. The van der Waals surface area contributed by atoms with E-state index >= 15 is 0 Å². The molecule has 0 aliphatic carbocycles. The van der Waals surface area contributed by atoms with Gasteiger partial charge in [0.05, 0.1) is 12.5 Å². The van der Waals surface area contributed by atoms with Gasteiger partial charge in [-0.05, 0) is 18.1 Å². The summed E-state index contributed by atoms with van der Waals surface area (Å²) in [5.74, 6) is 0.939. The Balaban J connectivity index is 1.37. The van der Waals surface area contributed by atoms with Crippen LogP contribution in [0.15, 0.2) is 72.8 Å². The van der Waals surface area contributed by atoms with Crippen molar-refractivity contribution < 1.29 is 9.53 Å². The summed E-state index contributed by atoms with van der Waals surface area (Å²) >= 11 is 0. The number of rotatable bonds is 8. The summed E-state index contributed by atoms with van der Waals surface area (Å²) in [5.41, 5.74) is 2.59. The Bertz CT molecular complexity index is 1110. The number of carbonyl (C=O) groups excluding carboxylic acids is 1. The van der Waals surface area contributed by atoms with Crippen molar-refractivity contribution in [2.45, 2.75) is 19.3 Å². The molecule has 7 nitrogen and oxygen atoms in total. The molecule has 1 atom stereocenters. The fourth-order valence-corrected chi connectivity index (χ4v) is 3.33. The van der Waals surface area contributed by atoms with Crippen LogP contribution in [0, 0.1) is 0 Å². The minimum absolute atomic E-state index is 0.000819. The maximum absolute atomic E-state index is 12.5. The Morgan fingerprint density at radius 2 is 1.73 bits per heavy atom. The highest BCUT2D eigenvalue weighted by Gasteiger charge is 2.17. The Morgan fingerprint density at radius 1 is 1.00 bits per heavy atom. The third kappa shape index (κ3) is 4.30. The summed E-state index contributed by atoms with van der Waals surface area (Å²) in [6, 6.07) is 23.1. The summed E-state index contributed by atoms with van der Waals surface area (Å²) < 4.78 is 7.40. The molecule has 1 unspecified atom stereocenters. The first-order valence-corrected chi connectivity index (χ1v) is 9.99. The molecule has 4 rings (SSSR count). The zero-order chi connectivity index (χ0) is 20.8. The molecule has 0 bridgehead atoms. The molecule has 1 N–H and O–H groups in total. The van der Waals surface area contributed by atoms with E-state index in [1.165, 1.54) is 0 Å². The van der Waals surface area contributed by atoms with Crippen molar-refractivity contribution in [3.05, 3.63) is 78.4 Å². The van der Waals surface area contributed by atoms with Gasteiger partial charge in [-0.1, -0.05) is 67.6 Å². The molecule has 7 heteroatoms. The van der Waals surface area contributed by atoms with Gasteiger partial charge in [-0.25, -0.2) is 0 Å². The van der Waals surface area contributed by atoms with Crippen LogP contribution in [0.3, 0.4) is 0 Å². The van der Waals surface area contributed by atoms with E-state index in [1.54, 1.807) is 10.6 Å². The minimum Gasteiger partial charge on any atom is -0.475 e. The van der Waals surface area contributed by atoms with Crippen molar-refractivity contribution in [1.29, 1.82) is 0 Å². The van der Waals surface area contributed by atoms with E-state index in [4.69, 9.17) is 4.74 Å². The molecule has 0 aliphatic heterocycles. The Hall–Kier alpha value is -3.74. The molecular weight excluding hydrogens is 378 g/mol. The lowest BCUT2D eigenvalue weighted by atomic mass is 9.96. The van der Waals surface area contributed by atoms with Crippen molar-refractivity contribution in [3.63, 3.8) is 0 Å². The first-order valence-electron chi connectivity index (χ1n) is 9.99. The predicted molar refractivity (Wildman–Crippen MR) is 114 cm³/mol. The number of hydrogen-bond donors (Lipinski definition) is 1. The highest BCUT2D eigenvalue weighted by molar-refractivity contribution is 5.83. The van der Waals surface area contributed by atoms with E-state index in [2.05, 4.69) is 20.6 Å². The van der Waals surface area contributed by atoms with E-state index in [9.17, 15) is 4.79 Å². The van der Waals surface area contributed by atoms with Crippen LogP contribution in [-0.4, -0.2) is 38.9 Å². The molecule has 0 radical (unpaired) electrons. The highest BCUT2D eigenvalue weighted by atomic mass is 16.5. The summed E-state index contributed by atoms with van der Waals surface area (Å²) in [6.07, 6.45) is 0.741. The van der Waals surface area contributed by atoms with Gasteiger partial charge in [0.1, 0.15) is 6.61 Å². The van der Waals surface area contributed by atoms with Crippen molar-refractivity contribution in [2.24, 2.45) is 0 Å². The highest BCUT2D eigenvalue weighted by Crippen LogP contribution is 2.20.